The van der Waals surface area contributed by atoms with Gasteiger partial charge in [0.1, 0.15) is 5.54 Å². The Balaban J connectivity index is 0.00000162. The summed E-state index contributed by atoms with van der Waals surface area (Å²) < 4.78 is 0.946. The Morgan fingerprint density at radius 3 is 2.68 bits per heavy atom. The van der Waals surface area contributed by atoms with E-state index in [-0.39, 0.29) is 31.2 Å². The van der Waals surface area contributed by atoms with Gasteiger partial charge in [0.05, 0.1) is 10.2 Å². The third-order valence-corrected chi connectivity index (χ3v) is 3.38. The molecule has 5 nitrogen and oxygen atoms in total. The second kappa shape index (κ2) is 6.38. The van der Waals surface area contributed by atoms with Crippen molar-refractivity contribution in [1.82, 2.24) is 4.98 Å². The highest BCUT2D eigenvalue weighted by atomic mass is 35.5. The number of nitrogens with two attached hydrogens (primary N) is 2. The number of hydrogen-bond donors (Lipinski definition) is 3. The molecule has 0 amide bonds. The van der Waals surface area contributed by atoms with Gasteiger partial charge in [-0.3, -0.25) is 4.79 Å². The topological polar surface area (TPSA) is 102 Å². The molecule has 1 heterocycles. The fourth-order valence-electron chi connectivity index (χ4n) is 1.60. The van der Waals surface area contributed by atoms with E-state index in [9.17, 15) is 4.79 Å². The lowest BCUT2D eigenvalue weighted by Gasteiger charge is -2.18. The van der Waals surface area contributed by atoms with Crippen LogP contribution in [-0.2, 0) is 11.2 Å². The number of nitrogen functional groups attached to an aromatic ring is 1. The molecule has 8 heteroatoms. The van der Waals surface area contributed by atoms with E-state index in [4.69, 9.17) is 16.6 Å². The van der Waals surface area contributed by atoms with E-state index in [1.165, 1.54) is 18.3 Å². The van der Waals surface area contributed by atoms with Crippen LogP contribution in [0.5, 0.6) is 0 Å². The number of thiazole rings is 1. The van der Waals surface area contributed by atoms with Crippen molar-refractivity contribution in [2.24, 2.45) is 5.73 Å². The number of carbonyl (C=O) groups is 1. The fraction of sp³-hybridized carbons (Fsp3) is 0.273. The van der Waals surface area contributed by atoms with E-state index < -0.39 is 11.5 Å². The van der Waals surface area contributed by atoms with Crippen LogP contribution in [0.3, 0.4) is 0 Å². The number of carboxylic acids is 1. The van der Waals surface area contributed by atoms with Gasteiger partial charge in [0.2, 0.25) is 0 Å². The van der Waals surface area contributed by atoms with Crippen LogP contribution in [0.25, 0.3) is 10.2 Å². The van der Waals surface area contributed by atoms with Crippen LogP contribution in [0, 0.1) is 0 Å². The molecule has 19 heavy (non-hydrogen) atoms. The van der Waals surface area contributed by atoms with Gasteiger partial charge >= 0.3 is 5.97 Å². The lowest BCUT2D eigenvalue weighted by molar-refractivity contribution is -0.142. The van der Waals surface area contributed by atoms with Crippen LogP contribution in [0.15, 0.2) is 18.2 Å². The minimum absolute atomic E-state index is 0. The molecular weight excluding hydrogens is 309 g/mol. The number of nitrogens with zero attached hydrogens (tertiary/aromatic N) is 1. The van der Waals surface area contributed by atoms with Crippen molar-refractivity contribution in [3.8, 4) is 0 Å². The third-order valence-electron chi connectivity index (χ3n) is 2.53. The molecule has 1 aromatic heterocycles. The van der Waals surface area contributed by atoms with Gasteiger partial charge in [-0.05, 0) is 24.6 Å². The van der Waals surface area contributed by atoms with E-state index in [0.29, 0.717) is 5.13 Å². The van der Waals surface area contributed by atoms with Gasteiger partial charge in [0.15, 0.2) is 5.13 Å². The largest absolute Gasteiger partial charge is 0.480 e. The molecule has 0 radical (unpaired) electrons. The zero-order valence-electron chi connectivity index (χ0n) is 10.1. The highest BCUT2D eigenvalue weighted by molar-refractivity contribution is 7.22. The van der Waals surface area contributed by atoms with Crippen molar-refractivity contribution in [1.29, 1.82) is 0 Å². The summed E-state index contributed by atoms with van der Waals surface area (Å²) >= 11 is 1.38. The van der Waals surface area contributed by atoms with Crippen LogP contribution < -0.4 is 11.5 Å². The molecule has 2 rings (SSSR count). The number of hydrogen-bond acceptors (Lipinski definition) is 5. The number of aliphatic carboxylic acids is 1. The SMILES string of the molecule is C[C@](N)(Cc1ccc2nc(N)sc2c1)C(=O)O.Cl.Cl. The molecule has 1 atom stereocenters. The van der Waals surface area contributed by atoms with Crippen molar-refractivity contribution >= 4 is 57.5 Å². The van der Waals surface area contributed by atoms with Crippen LogP contribution in [-0.4, -0.2) is 21.6 Å². The maximum absolute atomic E-state index is 10.9. The minimum Gasteiger partial charge on any atom is -0.480 e. The number of aromatic nitrogens is 1. The molecule has 106 valence electrons. The van der Waals surface area contributed by atoms with Gasteiger partial charge in [-0.2, -0.15) is 0 Å². The summed E-state index contributed by atoms with van der Waals surface area (Å²) in [5.41, 5.74) is 11.7. The molecule has 2 aromatic rings. The average molecular weight is 324 g/mol. The second-order valence-corrected chi connectivity index (χ2v) is 5.32. The number of rotatable bonds is 3. The summed E-state index contributed by atoms with van der Waals surface area (Å²) in [6.45, 7) is 1.50. The maximum Gasteiger partial charge on any atom is 0.323 e. The average Bonchev–Trinajstić information content (AvgIpc) is 2.56. The molecule has 0 saturated carbocycles. The third kappa shape index (κ3) is 3.94. The van der Waals surface area contributed by atoms with E-state index in [1.807, 2.05) is 18.2 Å². The lowest BCUT2D eigenvalue weighted by Crippen LogP contribution is -2.46. The molecule has 0 fully saturated rings. The summed E-state index contributed by atoms with van der Waals surface area (Å²) in [6, 6.07) is 5.54. The smallest absolute Gasteiger partial charge is 0.323 e. The molecule has 0 bridgehead atoms. The van der Waals surface area contributed by atoms with Crippen molar-refractivity contribution in [2.45, 2.75) is 18.9 Å². The van der Waals surface area contributed by atoms with Gasteiger partial charge in [0.25, 0.3) is 0 Å². The molecule has 0 saturated heterocycles. The van der Waals surface area contributed by atoms with Crippen LogP contribution in [0.4, 0.5) is 5.13 Å². The van der Waals surface area contributed by atoms with Gasteiger partial charge in [-0.25, -0.2) is 4.98 Å². The van der Waals surface area contributed by atoms with E-state index in [2.05, 4.69) is 4.98 Å². The van der Waals surface area contributed by atoms with E-state index in [0.717, 1.165) is 15.8 Å². The minimum atomic E-state index is -1.26. The van der Waals surface area contributed by atoms with Crippen molar-refractivity contribution in [3.63, 3.8) is 0 Å². The maximum atomic E-state index is 10.9. The van der Waals surface area contributed by atoms with Gasteiger partial charge in [-0.1, -0.05) is 17.4 Å². The first kappa shape index (κ1) is 17.9. The molecule has 5 N–H and O–H groups in total. The Kier molecular flexibility index (Phi) is 6.02. The summed E-state index contributed by atoms with van der Waals surface area (Å²) in [5.74, 6) is -1.01. The van der Waals surface area contributed by atoms with Gasteiger partial charge < -0.3 is 16.6 Å². The quantitative estimate of drug-likeness (QED) is 0.802. The van der Waals surface area contributed by atoms with Crippen LogP contribution in [0.1, 0.15) is 12.5 Å². The van der Waals surface area contributed by atoms with Crippen molar-refractivity contribution in [2.75, 3.05) is 5.73 Å². The Morgan fingerprint density at radius 1 is 1.47 bits per heavy atom. The molecule has 0 aliphatic carbocycles. The van der Waals surface area contributed by atoms with Crippen LogP contribution >= 0.6 is 36.2 Å². The Hall–Kier alpha value is -1.08. The summed E-state index contributed by atoms with van der Waals surface area (Å²) in [5, 5.41) is 9.47. The Labute approximate surface area is 126 Å². The molecular formula is C11H15Cl2N3O2S. The Morgan fingerprint density at radius 2 is 2.11 bits per heavy atom. The second-order valence-electron chi connectivity index (χ2n) is 4.25. The number of carboxylic acid groups (broad SMARTS) is 1. The lowest BCUT2D eigenvalue weighted by atomic mass is 9.94. The summed E-state index contributed by atoms with van der Waals surface area (Å²) in [6.07, 6.45) is 0.274. The zero-order valence-corrected chi connectivity index (χ0v) is 12.6. The predicted molar refractivity (Wildman–Crippen MR) is 82.5 cm³/mol. The molecule has 1 aromatic carbocycles. The number of halogens is 2. The standard InChI is InChI=1S/C11H13N3O2S.2ClH/c1-11(13,9(15)16)5-6-2-3-7-8(4-6)17-10(12)14-7;;/h2-4H,5,13H2,1H3,(H2,12,14)(H,15,16);2*1H/t11-;;/m0../s1. The number of fused-ring (bicyclic) bond motifs is 1. The van der Waals surface area contributed by atoms with Gasteiger partial charge in [-0.15, -0.1) is 24.8 Å². The van der Waals surface area contributed by atoms with Crippen LogP contribution in [0.2, 0.25) is 0 Å². The van der Waals surface area contributed by atoms with Crippen molar-refractivity contribution < 1.29 is 9.90 Å². The van der Waals surface area contributed by atoms with E-state index in [1.54, 1.807) is 0 Å². The first-order valence-corrected chi connectivity index (χ1v) is 5.87. The fourth-order valence-corrected chi connectivity index (χ4v) is 2.39. The molecule has 0 spiro atoms. The zero-order chi connectivity index (χ0) is 12.6. The number of benzene rings is 1. The molecule has 0 aliphatic rings. The molecule has 0 aliphatic heterocycles. The Bertz CT molecular complexity index is 586. The molecule has 0 unspecified atom stereocenters. The predicted octanol–water partition coefficient (Wildman–Crippen LogP) is 2.07. The monoisotopic (exact) mass is 323 g/mol. The van der Waals surface area contributed by atoms with Gasteiger partial charge in [0, 0.05) is 6.42 Å². The van der Waals surface area contributed by atoms with Crippen molar-refractivity contribution in [3.05, 3.63) is 23.8 Å². The summed E-state index contributed by atoms with van der Waals surface area (Å²) in [4.78, 5) is 15.1. The normalized spacial score (nSPS) is 13.2. The first-order valence-electron chi connectivity index (χ1n) is 5.06. The highest BCUT2D eigenvalue weighted by Gasteiger charge is 2.28. The highest BCUT2D eigenvalue weighted by Crippen LogP contribution is 2.25. The van der Waals surface area contributed by atoms with E-state index >= 15 is 0 Å². The summed E-state index contributed by atoms with van der Waals surface area (Å²) in [7, 11) is 0. The number of anilines is 1. The first-order chi connectivity index (χ1) is 7.88.